The Hall–Kier alpha value is -0.750. The lowest BCUT2D eigenvalue weighted by Gasteiger charge is -2.10. The van der Waals surface area contributed by atoms with Crippen molar-refractivity contribution in [1.29, 1.82) is 0 Å². The average Bonchev–Trinajstić information content (AvgIpc) is 2.65. The summed E-state index contributed by atoms with van der Waals surface area (Å²) in [6, 6.07) is 2.88. The molecule has 1 N–H and O–H groups in total. The van der Waals surface area contributed by atoms with Crippen molar-refractivity contribution in [2.75, 3.05) is 11.1 Å². The fourth-order valence-electron chi connectivity index (χ4n) is 1.83. The Morgan fingerprint density at radius 2 is 1.85 bits per heavy atom. The fraction of sp³-hybridized carbons (Fsp3) is 0.250. The van der Waals surface area contributed by atoms with Gasteiger partial charge >= 0.3 is 0 Å². The molecule has 20 heavy (non-hydrogen) atoms. The van der Waals surface area contributed by atoms with Crippen molar-refractivity contribution in [1.82, 2.24) is 0 Å². The van der Waals surface area contributed by atoms with Crippen molar-refractivity contribution >= 4 is 56.2 Å². The minimum Gasteiger partial charge on any atom is -0.325 e. The quantitative estimate of drug-likeness (QED) is 0.845. The van der Waals surface area contributed by atoms with E-state index in [1.807, 2.05) is 0 Å². The van der Waals surface area contributed by atoms with Crippen LogP contribution in [0, 0.1) is 5.92 Å². The first-order valence-electron chi connectivity index (χ1n) is 5.62. The van der Waals surface area contributed by atoms with Crippen LogP contribution in [0.2, 0.25) is 15.1 Å². The maximum atomic E-state index is 11.9. The van der Waals surface area contributed by atoms with Crippen molar-refractivity contribution in [3.63, 3.8) is 0 Å². The molecule has 1 aromatic carbocycles. The van der Waals surface area contributed by atoms with Gasteiger partial charge in [-0.25, -0.2) is 8.42 Å². The second-order valence-corrected chi connectivity index (χ2v) is 7.57. The molecule has 0 aromatic heterocycles. The van der Waals surface area contributed by atoms with Crippen LogP contribution >= 0.6 is 34.8 Å². The van der Waals surface area contributed by atoms with Crippen molar-refractivity contribution in [3.8, 4) is 0 Å². The number of halogens is 3. The summed E-state index contributed by atoms with van der Waals surface area (Å²) in [5.41, 5.74) is 0.343. The third-order valence-electron chi connectivity index (χ3n) is 2.74. The highest BCUT2D eigenvalue weighted by atomic mass is 35.5. The third kappa shape index (κ3) is 3.88. The summed E-state index contributed by atoms with van der Waals surface area (Å²) < 4.78 is 22.5. The standard InChI is InChI=1S/C12H10Cl3NO3S/c13-8-4-10(15)11(5-9(8)14)16-12(17)3-7-1-2-20(18,19)6-7/h1-2,4-5,7H,3,6H2,(H,16,17)/t7-/m1/s1. The minimum atomic E-state index is -3.16. The number of rotatable bonds is 3. The van der Waals surface area contributed by atoms with Crippen LogP contribution in [0.4, 0.5) is 5.69 Å². The van der Waals surface area contributed by atoms with Gasteiger partial charge in [0.15, 0.2) is 9.84 Å². The Kier molecular flexibility index (Phi) is 4.64. The lowest BCUT2D eigenvalue weighted by molar-refractivity contribution is -0.116. The monoisotopic (exact) mass is 353 g/mol. The van der Waals surface area contributed by atoms with E-state index in [4.69, 9.17) is 34.8 Å². The molecule has 0 bridgehead atoms. The lowest BCUT2D eigenvalue weighted by Crippen LogP contribution is -2.17. The van der Waals surface area contributed by atoms with Gasteiger partial charge in [-0.2, -0.15) is 0 Å². The molecule has 4 nitrogen and oxygen atoms in total. The largest absolute Gasteiger partial charge is 0.325 e. The molecule has 108 valence electrons. The highest BCUT2D eigenvalue weighted by molar-refractivity contribution is 7.94. The van der Waals surface area contributed by atoms with E-state index in [0.29, 0.717) is 10.7 Å². The number of sulfone groups is 1. The second-order valence-electron chi connectivity index (χ2n) is 4.42. The number of carbonyl (C=O) groups excluding carboxylic acids is 1. The van der Waals surface area contributed by atoms with Gasteiger partial charge < -0.3 is 5.32 Å². The van der Waals surface area contributed by atoms with Gasteiger partial charge in [-0.3, -0.25) is 4.79 Å². The molecule has 0 spiro atoms. The number of allylic oxidation sites excluding steroid dienone is 1. The van der Waals surface area contributed by atoms with Gasteiger partial charge in [-0.05, 0) is 12.1 Å². The first-order valence-corrected chi connectivity index (χ1v) is 8.47. The summed E-state index contributed by atoms with van der Waals surface area (Å²) in [6.45, 7) is 0. The molecule has 0 unspecified atom stereocenters. The van der Waals surface area contributed by atoms with Crippen LogP contribution < -0.4 is 5.32 Å². The molecule has 0 aliphatic carbocycles. The van der Waals surface area contributed by atoms with Gasteiger partial charge in [0.2, 0.25) is 5.91 Å². The smallest absolute Gasteiger partial charge is 0.225 e. The van der Waals surface area contributed by atoms with E-state index in [2.05, 4.69) is 5.32 Å². The molecule has 0 saturated carbocycles. The molecule has 1 aliphatic rings. The summed E-state index contributed by atoms with van der Waals surface area (Å²) in [5, 5.41) is 4.56. The Balaban J connectivity index is 2.02. The van der Waals surface area contributed by atoms with Crippen LogP contribution in [-0.4, -0.2) is 20.1 Å². The van der Waals surface area contributed by atoms with Gasteiger partial charge in [-0.1, -0.05) is 40.9 Å². The molecule has 1 heterocycles. The zero-order chi connectivity index (χ0) is 14.9. The van der Waals surface area contributed by atoms with Gasteiger partial charge in [0.25, 0.3) is 0 Å². The number of hydrogen-bond donors (Lipinski definition) is 1. The molecular weight excluding hydrogens is 345 g/mol. The Morgan fingerprint density at radius 1 is 1.20 bits per heavy atom. The van der Waals surface area contributed by atoms with Crippen molar-refractivity contribution in [2.45, 2.75) is 6.42 Å². The zero-order valence-corrected chi connectivity index (χ0v) is 13.2. The third-order valence-corrected chi connectivity index (χ3v) is 5.24. The van der Waals surface area contributed by atoms with E-state index in [9.17, 15) is 13.2 Å². The van der Waals surface area contributed by atoms with Gasteiger partial charge in [-0.15, -0.1) is 0 Å². The molecule has 8 heteroatoms. The SMILES string of the molecule is O=C(C[C@H]1C=CS(=O)(=O)C1)Nc1cc(Cl)c(Cl)cc1Cl. The predicted octanol–water partition coefficient (Wildman–Crippen LogP) is 3.53. The first-order chi connectivity index (χ1) is 9.27. The van der Waals surface area contributed by atoms with E-state index in [1.54, 1.807) is 0 Å². The van der Waals surface area contributed by atoms with Crippen molar-refractivity contribution in [2.24, 2.45) is 5.92 Å². The molecular formula is C12H10Cl3NO3S. The number of hydrogen-bond acceptors (Lipinski definition) is 3. The van der Waals surface area contributed by atoms with Crippen molar-refractivity contribution < 1.29 is 13.2 Å². The van der Waals surface area contributed by atoms with E-state index < -0.39 is 9.84 Å². The highest BCUT2D eigenvalue weighted by Crippen LogP contribution is 2.32. The van der Waals surface area contributed by atoms with E-state index in [0.717, 1.165) is 5.41 Å². The van der Waals surface area contributed by atoms with E-state index in [-0.39, 0.29) is 34.0 Å². The maximum absolute atomic E-state index is 11.9. The number of amides is 1. The number of anilines is 1. The predicted molar refractivity (Wildman–Crippen MR) is 81.1 cm³/mol. The summed E-state index contributed by atoms with van der Waals surface area (Å²) in [7, 11) is -3.16. The first kappa shape index (κ1) is 15.6. The molecule has 0 saturated heterocycles. The van der Waals surface area contributed by atoms with Gasteiger partial charge in [0.05, 0.1) is 26.5 Å². The van der Waals surface area contributed by atoms with Crippen LogP contribution in [-0.2, 0) is 14.6 Å². The van der Waals surface area contributed by atoms with Crippen LogP contribution in [0.5, 0.6) is 0 Å². The summed E-state index contributed by atoms with van der Waals surface area (Å²) >= 11 is 17.6. The maximum Gasteiger partial charge on any atom is 0.225 e. The van der Waals surface area contributed by atoms with Crippen LogP contribution in [0.1, 0.15) is 6.42 Å². The van der Waals surface area contributed by atoms with Gasteiger partial charge in [0.1, 0.15) is 0 Å². The van der Waals surface area contributed by atoms with Crippen LogP contribution in [0.25, 0.3) is 0 Å². The Morgan fingerprint density at radius 3 is 2.45 bits per heavy atom. The summed E-state index contributed by atoms with van der Waals surface area (Å²) in [6.07, 6.45) is 1.58. The van der Waals surface area contributed by atoms with E-state index in [1.165, 1.54) is 18.2 Å². The number of carbonyl (C=O) groups is 1. The van der Waals surface area contributed by atoms with E-state index >= 15 is 0 Å². The number of nitrogens with one attached hydrogen (secondary N) is 1. The molecule has 1 aliphatic heterocycles. The van der Waals surface area contributed by atoms with Crippen LogP contribution in [0.3, 0.4) is 0 Å². The average molecular weight is 355 g/mol. The summed E-state index contributed by atoms with van der Waals surface area (Å²) in [4.78, 5) is 11.9. The lowest BCUT2D eigenvalue weighted by atomic mass is 10.1. The molecule has 0 radical (unpaired) electrons. The highest BCUT2D eigenvalue weighted by Gasteiger charge is 2.24. The molecule has 1 aromatic rings. The Bertz CT molecular complexity index is 685. The molecule has 2 rings (SSSR count). The van der Waals surface area contributed by atoms with Crippen molar-refractivity contribution in [3.05, 3.63) is 38.7 Å². The van der Waals surface area contributed by atoms with Crippen LogP contribution in [0.15, 0.2) is 23.6 Å². The minimum absolute atomic E-state index is 0.0461. The molecule has 1 atom stereocenters. The second kappa shape index (κ2) is 5.93. The Labute approximate surface area is 131 Å². The molecule has 0 fully saturated rings. The topological polar surface area (TPSA) is 63.2 Å². The number of benzene rings is 1. The van der Waals surface area contributed by atoms with Gasteiger partial charge in [0, 0.05) is 17.7 Å². The molecule has 1 amide bonds. The fourth-order valence-corrected chi connectivity index (χ4v) is 3.82. The normalized spacial score (nSPS) is 20.1. The summed E-state index contributed by atoms with van der Waals surface area (Å²) in [5.74, 6) is -0.700. The zero-order valence-electron chi connectivity index (χ0n) is 10.1.